The topological polar surface area (TPSA) is 110 Å². The van der Waals surface area contributed by atoms with Crippen LogP contribution in [0.1, 0.15) is 36.0 Å². The van der Waals surface area contributed by atoms with Crippen LogP contribution in [0.4, 0.5) is 5.69 Å². The molecule has 2 rings (SSSR count). The van der Waals surface area contributed by atoms with Crippen molar-refractivity contribution in [2.75, 3.05) is 0 Å². The van der Waals surface area contributed by atoms with Gasteiger partial charge in [0.2, 0.25) is 0 Å². The normalized spacial score (nSPS) is 16.4. The lowest BCUT2D eigenvalue weighted by molar-refractivity contribution is -0.385. The molecule has 8 heteroatoms. The monoisotopic (exact) mass is 312 g/mol. The van der Waals surface area contributed by atoms with E-state index in [-0.39, 0.29) is 10.6 Å². The summed E-state index contributed by atoms with van der Waals surface area (Å²) in [4.78, 5) is 33.9. The standard InChI is InChI=1S/C13H13ClN2O5/c14-8-3-4-9(10(7-8)16(20)21)11(17)15-13(12(18)19)5-1-2-6-13/h3-4,7H,1-2,5-6H2,(H,15,17)(H,18,19). The molecule has 0 saturated heterocycles. The summed E-state index contributed by atoms with van der Waals surface area (Å²) in [5, 5.41) is 22.9. The highest BCUT2D eigenvalue weighted by atomic mass is 35.5. The smallest absolute Gasteiger partial charge is 0.329 e. The summed E-state index contributed by atoms with van der Waals surface area (Å²) in [6, 6.07) is 3.64. The number of carboxylic acids is 1. The number of carbonyl (C=O) groups excluding carboxylic acids is 1. The second kappa shape index (κ2) is 5.69. The first-order valence-corrected chi connectivity index (χ1v) is 6.73. The lowest BCUT2D eigenvalue weighted by Gasteiger charge is -2.25. The average molecular weight is 313 g/mol. The van der Waals surface area contributed by atoms with Crippen LogP contribution >= 0.6 is 11.6 Å². The molecule has 1 aromatic carbocycles. The Hall–Kier alpha value is -2.15. The fourth-order valence-corrected chi connectivity index (χ4v) is 2.67. The summed E-state index contributed by atoms with van der Waals surface area (Å²) < 4.78 is 0. The summed E-state index contributed by atoms with van der Waals surface area (Å²) in [5.74, 6) is -1.90. The predicted octanol–water partition coefficient (Wildman–Crippen LogP) is 2.38. The van der Waals surface area contributed by atoms with Gasteiger partial charge in [0.15, 0.2) is 0 Å². The Labute approximate surface area is 125 Å². The van der Waals surface area contributed by atoms with Gasteiger partial charge < -0.3 is 10.4 Å². The molecule has 112 valence electrons. The average Bonchev–Trinajstić information content (AvgIpc) is 2.88. The Morgan fingerprint density at radius 2 is 1.95 bits per heavy atom. The molecule has 0 heterocycles. The van der Waals surface area contributed by atoms with Crippen LogP contribution in [0.25, 0.3) is 0 Å². The highest BCUT2D eigenvalue weighted by molar-refractivity contribution is 6.31. The molecule has 1 aliphatic rings. The third-order valence-electron chi connectivity index (χ3n) is 3.62. The van der Waals surface area contributed by atoms with Gasteiger partial charge in [0.05, 0.1) is 4.92 Å². The molecule has 0 radical (unpaired) electrons. The SMILES string of the molecule is O=C(NC1(C(=O)O)CCCC1)c1ccc(Cl)cc1[N+](=O)[O-]. The highest BCUT2D eigenvalue weighted by Crippen LogP contribution is 2.31. The Morgan fingerprint density at radius 3 is 2.48 bits per heavy atom. The zero-order chi connectivity index (χ0) is 15.6. The number of halogens is 1. The van der Waals surface area contributed by atoms with Gasteiger partial charge in [-0.25, -0.2) is 4.79 Å². The van der Waals surface area contributed by atoms with Crippen molar-refractivity contribution in [1.29, 1.82) is 0 Å². The minimum absolute atomic E-state index is 0.132. The second-order valence-electron chi connectivity index (χ2n) is 4.97. The molecule has 0 atom stereocenters. The van der Waals surface area contributed by atoms with E-state index in [9.17, 15) is 24.8 Å². The molecule has 1 aromatic rings. The van der Waals surface area contributed by atoms with E-state index < -0.39 is 28.0 Å². The number of carbonyl (C=O) groups is 2. The van der Waals surface area contributed by atoms with Gasteiger partial charge in [-0.1, -0.05) is 24.4 Å². The summed E-state index contributed by atoms with van der Waals surface area (Å²) in [6.45, 7) is 0. The maximum atomic E-state index is 12.2. The van der Waals surface area contributed by atoms with Gasteiger partial charge in [0.1, 0.15) is 11.1 Å². The van der Waals surface area contributed by atoms with Crippen LogP contribution in [0.2, 0.25) is 5.02 Å². The van der Waals surface area contributed by atoms with Gasteiger partial charge >= 0.3 is 5.97 Å². The number of nitro benzene ring substituents is 1. The Balaban J connectivity index is 2.32. The summed E-state index contributed by atoms with van der Waals surface area (Å²) in [7, 11) is 0. The number of carboxylic acid groups (broad SMARTS) is 1. The number of nitrogens with zero attached hydrogens (tertiary/aromatic N) is 1. The van der Waals surface area contributed by atoms with Crippen LogP contribution in [0.15, 0.2) is 18.2 Å². The molecule has 1 amide bonds. The maximum Gasteiger partial charge on any atom is 0.329 e. The van der Waals surface area contributed by atoms with Crippen molar-refractivity contribution in [1.82, 2.24) is 5.32 Å². The molecule has 1 fully saturated rings. The molecule has 0 unspecified atom stereocenters. The van der Waals surface area contributed by atoms with E-state index in [1.165, 1.54) is 12.1 Å². The quantitative estimate of drug-likeness (QED) is 0.655. The number of nitro groups is 1. The largest absolute Gasteiger partial charge is 0.480 e. The van der Waals surface area contributed by atoms with Gasteiger partial charge in [0.25, 0.3) is 11.6 Å². The molecule has 0 aliphatic heterocycles. The van der Waals surface area contributed by atoms with E-state index >= 15 is 0 Å². The van der Waals surface area contributed by atoms with E-state index in [2.05, 4.69) is 5.32 Å². The molecule has 21 heavy (non-hydrogen) atoms. The highest BCUT2D eigenvalue weighted by Gasteiger charge is 2.43. The first kappa shape index (κ1) is 15.2. The molecular weight excluding hydrogens is 300 g/mol. The molecule has 0 spiro atoms. The minimum Gasteiger partial charge on any atom is -0.480 e. The summed E-state index contributed by atoms with van der Waals surface area (Å²) >= 11 is 5.68. The summed E-state index contributed by atoms with van der Waals surface area (Å²) in [6.07, 6.45) is 2.01. The van der Waals surface area contributed by atoms with Crippen molar-refractivity contribution in [3.05, 3.63) is 38.9 Å². The number of nitrogens with one attached hydrogen (secondary N) is 1. The number of hydrogen-bond donors (Lipinski definition) is 2. The van der Waals surface area contributed by atoms with E-state index in [4.69, 9.17) is 11.6 Å². The number of aliphatic carboxylic acids is 1. The van der Waals surface area contributed by atoms with Crippen LogP contribution in [0, 0.1) is 10.1 Å². The van der Waals surface area contributed by atoms with Gasteiger partial charge in [0, 0.05) is 11.1 Å². The fraction of sp³-hybridized carbons (Fsp3) is 0.385. The van der Waals surface area contributed by atoms with E-state index in [1.807, 2.05) is 0 Å². The van der Waals surface area contributed by atoms with Crippen LogP contribution < -0.4 is 5.32 Å². The number of hydrogen-bond acceptors (Lipinski definition) is 4. The lowest BCUT2D eigenvalue weighted by Crippen LogP contribution is -2.52. The van der Waals surface area contributed by atoms with Crippen molar-refractivity contribution in [3.63, 3.8) is 0 Å². The number of benzene rings is 1. The molecule has 2 N–H and O–H groups in total. The van der Waals surface area contributed by atoms with E-state index in [1.54, 1.807) is 0 Å². The molecular formula is C13H13ClN2O5. The van der Waals surface area contributed by atoms with Crippen LogP contribution in [0.5, 0.6) is 0 Å². The zero-order valence-corrected chi connectivity index (χ0v) is 11.7. The van der Waals surface area contributed by atoms with Crippen LogP contribution in [0.3, 0.4) is 0 Å². The first-order valence-electron chi connectivity index (χ1n) is 6.35. The Bertz CT molecular complexity index is 611. The maximum absolute atomic E-state index is 12.2. The molecule has 0 bridgehead atoms. The molecule has 1 aliphatic carbocycles. The number of amides is 1. The minimum atomic E-state index is -1.34. The number of rotatable bonds is 4. The summed E-state index contributed by atoms with van der Waals surface area (Å²) in [5.41, 5.74) is -1.99. The van der Waals surface area contributed by atoms with Crippen molar-refractivity contribution in [2.24, 2.45) is 0 Å². The predicted molar refractivity (Wildman–Crippen MR) is 74.4 cm³/mol. The molecule has 0 aromatic heterocycles. The third-order valence-corrected chi connectivity index (χ3v) is 3.86. The van der Waals surface area contributed by atoms with Crippen LogP contribution in [-0.4, -0.2) is 27.4 Å². The Morgan fingerprint density at radius 1 is 1.33 bits per heavy atom. The van der Waals surface area contributed by atoms with Gasteiger partial charge in [-0.05, 0) is 25.0 Å². The van der Waals surface area contributed by atoms with Gasteiger partial charge in [-0.15, -0.1) is 0 Å². The van der Waals surface area contributed by atoms with Gasteiger partial charge in [-0.3, -0.25) is 14.9 Å². The third kappa shape index (κ3) is 2.97. The van der Waals surface area contributed by atoms with E-state index in [0.717, 1.165) is 6.07 Å². The fourth-order valence-electron chi connectivity index (χ4n) is 2.50. The zero-order valence-electron chi connectivity index (χ0n) is 11.0. The van der Waals surface area contributed by atoms with Gasteiger partial charge in [-0.2, -0.15) is 0 Å². The van der Waals surface area contributed by atoms with E-state index in [0.29, 0.717) is 25.7 Å². The molecule has 1 saturated carbocycles. The van der Waals surface area contributed by atoms with Crippen molar-refractivity contribution < 1.29 is 19.6 Å². The molecule has 7 nitrogen and oxygen atoms in total. The second-order valence-corrected chi connectivity index (χ2v) is 5.40. The van der Waals surface area contributed by atoms with Crippen LogP contribution in [-0.2, 0) is 4.79 Å². The Kier molecular flexibility index (Phi) is 4.13. The van der Waals surface area contributed by atoms with Crippen molar-refractivity contribution in [3.8, 4) is 0 Å². The van der Waals surface area contributed by atoms with Crippen molar-refractivity contribution >= 4 is 29.2 Å². The lowest BCUT2D eigenvalue weighted by atomic mass is 9.97. The van der Waals surface area contributed by atoms with Crippen molar-refractivity contribution in [2.45, 2.75) is 31.2 Å². The first-order chi connectivity index (χ1) is 9.85.